The molecule has 20 heavy (non-hydrogen) atoms. The van der Waals surface area contributed by atoms with Gasteiger partial charge in [0.15, 0.2) is 6.61 Å². The molecule has 0 fully saturated rings. The van der Waals surface area contributed by atoms with Crippen molar-refractivity contribution < 1.29 is 13.9 Å². The maximum absolute atomic E-state index is 11.6. The van der Waals surface area contributed by atoms with Crippen LogP contribution < -0.4 is 10.2 Å². The maximum Gasteiger partial charge on any atom is 0.277 e. The lowest BCUT2D eigenvalue weighted by Gasteiger charge is -2.05. The van der Waals surface area contributed by atoms with Crippen molar-refractivity contribution in [2.75, 3.05) is 6.61 Å². The molecule has 5 nitrogen and oxygen atoms in total. The molecule has 0 bridgehead atoms. The van der Waals surface area contributed by atoms with Crippen molar-refractivity contribution in [1.82, 2.24) is 5.43 Å². The first-order valence-corrected chi connectivity index (χ1v) is 6.28. The Morgan fingerprint density at radius 3 is 2.75 bits per heavy atom. The smallest absolute Gasteiger partial charge is 0.277 e. The summed E-state index contributed by atoms with van der Waals surface area (Å²) in [6.07, 6.45) is 1.54. The van der Waals surface area contributed by atoms with Gasteiger partial charge < -0.3 is 9.15 Å². The van der Waals surface area contributed by atoms with E-state index in [1.165, 1.54) is 0 Å². The van der Waals surface area contributed by atoms with Crippen LogP contribution >= 0.6 is 11.6 Å². The molecule has 0 spiro atoms. The molecule has 1 amide bonds. The molecular formula is C14H13ClN2O3. The Bertz CT molecular complexity index is 591. The van der Waals surface area contributed by atoms with Crippen LogP contribution in [0.3, 0.4) is 0 Å². The third-order valence-electron chi connectivity index (χ3n) is 2.41. The van der Waals surface area contributed by atoms with Crippen molar-refractivity contribution in [2.45, 2.75) is 6.92 Å². The number of carbonyl (C=O) groups excluding carboxylic acids is 1. The summed E-state index contributed by atoms with van der Waals surface area (Å²) in [5, 5.41) is 4.53. The third kappa shape index (κ3) is 4.13. The van der Waals surface area contributed by atoms with E-state index in [2.05, 4.69) is 10.5 Å². The van der Waals surface area contributed by atoms with Gasteiger partial charge in [0.1, 0.15) is 17.2 Å². The van der Waals surface area contributed by atoms with Gasteiger partial charge in [-0.05, 0) is 43.3 Å². The van der Waals surface area contributed by atoms with Crippen molar-refractivity contribution >= 4 is 23.2 Å². The molecule has 0 unspecified atom stereocenters. The minimum atomic E-state index is -0.356. The van der Waals surface area contributed by atoms with Crippen LogP contribution in [-0.2, 0) is 4.79 Å². The van der Waals surface area contributed by atoms with Crippen LogP contribution in [0, 0.1) is 0 Å². The van der Waals surface area contributed by atoms with Crippen molar-refractivity contribution in [3.05, 3.63) is 53.4 Å². The van der Waals surface area contributed by atoms with Crippen LogP contribution in [-0.4, -0.2) is 18.2 Å². The summed E-state index contributed by atoms with van der Waals surface area (Å²) in [4.78, 5) is 11.6. The summed E-state index contributed by atoms with van der Waals surface area (Å²) in [5.41, 5.74) is 2.97. The van der Waals surface area contributed by atoms with Crippen molar-refractivity contribution in [3.63, 3.8) is 0 Å². The number of rotatable bonds is 5. The van der Waals surface area contributed by atoms with E-state index in [4.69, 9.17) is 20.8 Å². The van der Waals surface area contributed by atoms with E-state index in [-0.39, 0.29) is 12.5 Å². The highest BCUT2D eigenvalue weighted by Crippen LogP contribution is 2.15. The van der Waals surface area contributed by atoms with Crippen molar-refractivity contribution in [2.24, 2.45) is 5.10 Å². The van der Waals surface area contributed by atoms with Crippen LogP contribution in [0.25, 0.3) is 0 Å². The minimum Gasteiger partial charge on any atom is -0.484 e. The average molecular weight is 293 g/mol. The fourth-order valence-electron chi connectivity index (χ4n) is 1.40. The van der Waals surface area contributed by atoms with Gasteiger partial charge in [0.2, 0.25) is 0 Å². The van der Waals surface area contributed by atoms with Gasteiger partial charge >= 0.3 is 0 Å². The number of nitrogens with zero attached hydrogens (tertiary/aromatic N) is 1. The van der Waals surface area contributed by atoms with Gasteiger partial charge in [-0.1, -0.05) is 11.6 Å². The molecule has 0 aliphatic rings. The Hall–Kier alpha value is -2.27. The summed E-state index contributed by atoms with van der Waals surface area (Å²) in [5.74, 6) is 0.811. The third-order valence-corrected chi connectivity index (χ3v) is 2.66. The molecule has 1 heterocycles. The summed E-state index contributed by atoms with van der Waals surface area (Å²) >= 11 is 5.75. The number of halogens is 1. The topological polar surface area (TPSA) is 63.8 Å². The Kier molecular flexibility index (Phi) is 4.79. The van der Waals surface area contributed by atoms with E-state index in [9.17, 15) is 4.79 Å². The molecule has 0 atom stereocenters. The molecule has 0 saturated heterocycles. The first-order chi connectivity index (χ1) is 9.65. The quantitative estimate of drug-likeness (QED) is 0.681. The highest BCUT2D eigenvalue weighted by Gasteiger charge is 2.04. The van der Waals surface area contributed by atoms with Gasteiger partial charge in [-0.25, -0.2) is 5.43 Å². The van der Waals surface area contributed by atoms with Gasteiger partial charge in [0, 0.05) is 5.02 Å². The van der Waals surface area contributed by atoms with E-state index in [0.29, 0.717) is 22.2 Å². The summed E-state index contributed by atoms with van der Waals surface area (Å²) in [7, 11) is 0. The standard InChI is InChI=1S/C14H13ClN2O3/c1-10(13-3-2-8-19-13)16-17-14(18)9-20-12-6-4-11(15)5-7-12/h2-8H,9H2,1H3,(H,17,18)/b16-10-. The van der Waals surface area contributed by atoms with Gasteiger partial charge in [-0.2, -0.15) is 5.10 Å². The van der Waals surface area contributed by atoms with E-state index < -0.39 is 0 Å². The Morgan fingerprint density at radius 2 is 2.10 bits per heavy atom. The molecule has 0 aliphatic carbocycles. The molecular weight excluding hydrogens is 280 g/mol. The van der Waals surface area contributed by atoms with Gasteiger partial charge in [-0.3, -0.25) is 4.79 Å². The Labute approximate surface area is 121 Å². The predicted octanol–water partition coefficient (Wildman–Crippen LogP) is 2.85. The molecule has 1 N–H and O–H groups in total. The monoisotopic (exact) mass is 292 g/mol. The maximum atomic E-state index is 11.6. The fraction of sp³-hybridized carbons (Fsp3) is 0.143. The van der Waals surface area contributed by atoms with Gasteiger partial charge in [0.25, 0.3) is 5.91 Å². The average Bonchev–Trinajstić information content (AvgIpc) is 2.98. The van der Waals surface area contributed by atoms with E-state index in [1.54, 1.807) is 49.6 Å². The highest BCUT2D eigenvalue weighted by molar-refractivity contribution is 6.30. The zero-order valence-electron chi connectivity index (χ0n) is 10.8. The zero-order valence-corrected chi connectivity index (χ0v) is 11.6. The SMILES string of the molecule is C/C(=N/NC(=O)COc1ccc(Cl)cc1)c1ccco1. The van der Waals surface area contributed by atoms with Crippen molar-refractivity contribution in [3.8, 4) is 5.75 Å². The first kappa shape index (κ1) is 14.1. The fourth-order valence-corrected chi connectivity index (χ4v) is 1.52. The zero-order chi connectivity index (χ0) is 14.4. The van der Waals surface area contributed by atoms with Crippen LogP contribution in [0.5, 0.6) is 5.75 Å². The molecule has 0 saturated carbocycles. The second-order valence-electron chi connectivity index (χ2n) is 3.95. The molecule has 1 aromatic heterocycles. The Morgan fingerprint density at radius 1 is 1.35 bits per heavy atom. The lowest BCUT2D eigenvalue weighted by molar-refractivity contribution is -0.123. The van der Waals surface area contributed by atoms with Crippen LogP contribution in [0.2, 0.25) is 5.02 Å². The van der Waals surface area contributed by atoms with Crippen LogP contribution in [0.15, 0.2) is 52.2 Å². The molecule has 0 radical (unpaired) electrons. The molecule has 1 aromatic carbocycles. The van der Waals surface area contributed by atoms with Gasteiger partial charge in [-0.15, -0.1) is 0 Å². The number of hydrogen-bond donors (Lipinski definition) is 1. The number of hydrazone groups is 1. The van der Waals surface area contributed by atoms with Gasteiger partial charge in [0.05, 0.1) is 6.26 Å². The van der Waals surface area contributed by atoms with E-state index >= 15 is 0 Å². The van der Waals surface area contributed by atoms with Crippen molar-refractivity contribution in [1.29, 1.82) is 0 Å². The first-order valence-electron chi connectivity index (χ1n) is 5.90. The predicted molar refractivity (Wildman–Crippen MR) is 76.0 cm³/mol. The summed E-state index contributed by atoms with van der Waals surface area (Å²) < 4.78 is 10.4. The number of ether oxygens (including phenoxy) is 1. The number of amides is 1. The highest BCUT2D eigenvalue weighted by atomic mass is 35.5. The minimum absolute atomic E-state index is 0.128. The summed E-state index contributed by atoms with van der Waals surface area (Å²) in [6.45, 7) is 1.61. The molecule has 6 heteroatoms. The Balaban J connectivity index is 1.81. The van der Waals surface area contributed by atoms with E-state index in [1.807, 2.05) is 0 Å². The second-order valence-corrected chi connectivity index (χ2v) is 4.39. The van der Waals surface area contributed by atoms with Crippen LogP contribution in [0.1, 0.15) is 12.7 Å². The number of hydrogen-bond acceptors (Lipinski definition) is 4. The van der Waals surface area contributed by atoms with E-state index in [0.717, 1.165) is 0 Å². The number of benzene rings is 1. The normalized spacial score (nSPS) is 11.2. The molecule has 0 aliphatic heterocycles. The number of carbonyl (C=O) groups is 1. The van der Waals surface area contributed by atoms with Crippen LogP contribution in [0.4, 0.5) is 0 Å². The molecule has 2 aromatic rings. The lowest BCUT2D eigenvalue weighted by atomic mass is 10.3. The molecule has 2 rings (SSSR count). The number of nitrogens with one attached hydrogen (secondary N) is 1. The lowest BCUT2D eigenvalue weighted by Crippen LogP contribution is -2.25. The second kappa shape index (κ2) is 6.77. The summed E-state index contributed by atoms with van der Waals surface area (Å²) in [6, 6.07) is 10.3. The largest absolute Gasteiger partial charge is 0.484 e. The number of furan rings is 1. The molecule has 104 valence electrons.